The molecule has 1 unspecified atom stereocenters. The highest BCUT2D eigenvalue weighted by molar-refractivity contribution is 7.99. The molecule has 0 radical (unpaired) electrons. The molecule has 2 N–H and O–H groups in total. The van der Waals surface area contributed by atoms with Crippen molar-refractivity contribution in [2.75, 3.05) is 5.75 Å². The van der Waals surface area contributed by atoms with E-state index in [4.69, 9.17) is 5.73 Å². The van der Waals surface area contributed by atoms with Gasteiger partial charge in [0, 0.05) is 29.2 Å². The van der Waals surface area contributed by atoms with Gasteiger partial charge < -0.3 is 5.73 Å². The summed E-state index contributed by atoms with van der Waals surface area (Å²) in [5, 5.41) is 4.23. The zero-order chi connectivity index (χ0) is 13.7. The van der Waals surface area contributed by atoms with Gasteiger partial charge in [0.15, 0.2) is 0 Å². The Balaban J connectivity index is 1.87. The van der Waals surface area contributed by atoms with Gasteiger partial charge in [-0.05, 0) is 26.0 Å². The van der Waals surface area contributed by atoms with Crippen LogP contribution in [0.3, 0.4) is 0 Å². The molecule has 4 nitrogen and oxygen atoms in total. The number of benzene rings is 1. The van der Waals surface area contributed by atoms with Gasteiger partial charge in [-0.2, -0.15) is 5.10 Å². The average Bonchev–Trinajstić information content (AvgIpc) is 2.86. The van der Waals surface area contributed by atoms with Gasteiger partial charge in [-0.1, -0.05) is 18.2 Å². The largest absolute Gasteiger partial charge is 0.327 e. The third-order valence-electron chi connectivity index (χ3n) is 2.79. The number of aromatic nitrogens is 3. The topological polar surface area (TPSA) is 56.7 Å². The van der Waals surface area contributed by atoms with Gasteiger partial charge in [-0.15, -0.1) is 11.8 Å². The van der Waals surface area contributed by atoms with Gasteiger partial charge in [0.25, 0.3) is 0 Å². The summed E-state index contributed by atoms with van der Waals surface area (Å²) in [6.45, 7) is 4.20. The molecule has 0 saturated heterocycles. The van der Waals surface area contributed by atoms with Crippen LogP contribution in [0, 0.1) is 0 Å². The first-order chi connectivity index (χ1) is 9.16. The maximum atomic E-state index is 6.18. The van der Waals surface area contributed by atoms with Crippen LogP contribution in [0.25, 0.3) is 0 Å². The first-order valence-corrected chi connectivity index (χ1v) is 7.47. The highest BCUT2D eigenvalue weighted by atomic mass is 32.2. The SMILES string of the molecule is CC(C)n1ncnc1CC(N)CSc1ccccc1. The number of rotatable bonds is 6. The van der Waals surface area contributed by atoms with E-state index in [-0.39, 0.29) is 6.04 Å². The van der Waals surface area contributed by atoms with Crippen molar-refractivity contribution in [2.24, 2.45) is 5.73 Å². The third kappa shape index (κ3) is 4.08. The van der Waals surface area contributed by atoms with E-state index in [0.29, 0.717) is 6.04 Å². The lowest BCUT2D eigenvalue weighted by Crippen LogP contribution is -2.27. The minimum Gasteiger partial charge on any atom is -0.327 e. The minimum atomic E-state index is 0.0897. The van der Waals surface area contributed by atoms with Crippen molar-refractivity contribution >= 4 is 11.8 Å². The van der Waals surface area contributed by atoms with E-state index < -0.39 is 0 Å². The van der Waals surface area contributed by atoms with Crippen molar-refractivity contribution in [3.05, 3.63) is 42.5 Å². The van der Waals surface area contributed by atoms with Gasteiger partial charge in [-0.25, -0.2) is 9.67 Å². The van der Waals surface area contributed by atoms with Crippen molar-refractivity contribution in [3.8, 4) is 0 Å². The second-order valence-corrected chi connectivity index (χ2v) is 5.90. The number of hydrogen-bond acceptors (Lipinski definition) is 4. The fourth-order valence-electron chi connectivity index (χ4n) is 1.86. The molecule has 1 atom stereocenters. The zero-order valence-corrected chi connectivity index (χ0v) is 12.2. The summed E-state index contributed by atoms with van der Waals surface area (Å²) >= 11 is 1.78. The summed E-state index contributed by atoms with van der Waals surface area (Å²) < 4.78 is 1.94. The maximum absolute atomic E-state index is 6.18. The van der Waals surface area contributed by atoms with Crippen LogP contribution in [0.15, 0.2) is 41.6 Å². The molecule has 0 spiro atoms. The summed E-state index contributed by atoms with van der Waals surface area (Å²) in [4.78, 5) is 5.55. The summed E-state index contributed by atoms with van der Waals surface area (Å²) in [5.74, 6) is 1.85. The average molecular weight is 276 g/mol. The van der Waals surface area contributed by atoms with Crippen LogP contribution >= 0.6 is 11.8 Å². The maximum Gasteiger partial charge on any atom is 0.138 e. The van der Waals surface area contributed by atoms with Gasteiger partial charge in [0.1, 0.15) is 12.2 Å². The van der Waals surface area contributed by atoms with Gasteiger partial charge >= 0.3 is 0 Å². The fraction of sp³-hybridized carbons (Fsp3) is 0.429. The van der Waals surface area contributed by atoms with Gasteiger partial charge in [0.05, 0.1) is 0 Å². The Kier molecular flexibility index (Phi) is 4.99. The van der Waals surface area contributed by atoms with Crippen molar-refractivity contribution in [1.29, 1.82) is 0 Å². The van der Waals surface area contributed by atoms with Crippen LogP contribution in [0.2, 0.25) is 0 Å². The normalized spacial score (nSPS) is 12.8. The van der Waals surface area contributed by atoms with Crippen molar-refractivity contribution in [2.45, 2.75) is 37.2 Å². The van der Waals surface area contributed by atoms with Crippen LogP contribution in [0.4, 0.5) is 0 Å². The predicted octanol–water partition coefficient (Wildman–Crippen LogP) is 2.52. The lowest BCUT2D eigenvalue weighted by molar-refractivity contribution is 0.496. The number of nitrogens with two attached hydrogens (primary N) is 1. The second kappa shape index (κ2) is 6.73. The highest BCUT2D eigenvalue weighted by Crippen LogP contribution is 2.18. The quantitative estimate of drug-likeness (QED) is 0.824. The Bertz CT molecular complexity index is 495. The molecule has 5 heteroatoms. The molecular formula is C14H20N4S. The Morgan fingerprint density at radius 1 is 1.26 bits per heavy atom. The molecule has 2 aromatic rings. The molecule has 0 aliphatic carbocycles. The van der Waals surface area contributed by atoms with Crippen LogP contribution in [-0.2, 0) is 6.42 Å². The Morgan fingerprint density at radius 3 is 2.68 bits per heavy atom. The van der Waals surface area contributed by atoms with Crippen LogP contribution in [0.5, 0.6) is 0 Å². The van der Waals surface area contributed by atoms with E-state index in [2.05, 4.69) is 36.1 Å². The fourth-order valence-corrected chi connectivity index (χ4v) is 2.74. The van der Waals surface area contributed by atoms with E-state index >= 15 is 0 Å². The summed E-state index contributed by atoms with van der Waals surface area (Å²) in [7, 11) is 0. The molecule has 1 aromatic heterocycles. The molecule has 0 bridgehead atoms. The van der Waals surface area contributed by atoms with Crippen molar-refractivity contribution < 1.29 is 0 Å². The van der Waals surface area contributed by atoms with Crippen LogP contribution in [0.1, 0.15) is 25.7 Å². The molecule has 1 heterocycles. The molecule has 102 valence electrons. The Hall–Kier alpha value is -1.33. The third-order valence-corrected chi connectivity index (χ3v) is 3.99. The molecule has 19 heavy (non-hydrogen) atoms. The van der Waals surface area contributed by atoms with E-state index in [9.17, 15) is 0 Å². The molecular weight excluding hydrogens is 256 g/mol. The number of thioether (sulfide) groups is 1. The standard InChI is InChI=1S/C14H20N4S/c1-11(2)18-14(16-10-17-18)8-12(15)9-19-13-6-4-3-5-7-13/h3-7,10-12H,8-9,15H2,1-2H3. The van der Waals surface area contributed by atoms with Gasteiger partial charge in [0.2, 0.25) is 0 Å². The molecule has 0 saturated carbocycles. The lowest BCUT2D eigenvalue weighted by atomic mass is 10.2. The predicted molar refractivity (Wildman–Crippen MR) is 79.3 cm³/mol. The number of hydrogen-bond donors (Lipinski definition) is 1. The number of nitrogens with zero attached hydrogens (tertiary/aromatic N) is 3. The zero-order valence-electron chi connectivity index (χ0n) is 11.4. The highest BCUT2D eigenvalue weighted by Gasteiger charge is 2.12. The first kappa shape index (κ1) is 14.1. The molecule has 0 aliphatic heterocycles. The molecule has 1 aromatic carbocycles. The van der Waals surface area contributed by atoms with Crippen molar-refractivity contribution in [3.63, 3.8) is 0 Å². The Labute approximate surface area is 118 Å². The van der Waals surface area contributed by atoms with Crippen LogP contribution < -0.4 is 5.73 Å². The lowest BCUT2D eigenvalue weighted by Gasteiger charge is -2.13. The van der Waals surface area contributed by atoms with E-state index in [1.54, 1.807) is 18.1 Å². The van der Waals surface area contributed by atoms with E-state index in [1.165, 1.54) is 4.90 Å². The van der Waals surface area contributed by atoms with Crippen LogP contribution in [-0.4, -0.2) is 26.6 Å². The van der Waals surface area contributed by atoms with E-state index in [1.807, 2.05) is 22.9 Å². The minimum absolute atomic E-state index is 0.0897. The Morgan fingerprint density at radius 2 is 2.00 bits per heavy atom. The summed E-state index contributed by atoms with van der Waals surface area (Å²) in [6, 6.07) is 10.7. The van der Waals surface area contributed by atoms with Crippen molar-refractivity contribution in [1.82, 2.24) is 14.8 Å². The summed E-state index contributed by atoms with van der Waals surface area (Å²) in [6.07, 6.45) is 2.37. The molecule has 2 rings (SSSR count). The van der Waals surface area contributed by atoms with E-state index in [0.717, 1.165) is 18.0 Å². The smallest absolute Gasteiger partial charge is 0.138 e. The monoisotopic (exact) mass is 276 g/mol. The van der Waals surface area contributed by atoms with Gasteiger partial charge in [-0.3, -0.25) is 0 Å². The molecule has 0 amide bonds. The second-order valence-electron chi connectivity index (χ2n) is 4.80. The summed E-state index contributed by atoms with van der Waals surface area (Å²) in [5.41, 5.74) is 6.18. The molecule has 0 fully saturated rings. The molecule has 0 aliphatic rings. The first-order valence-electron chi connectivity index (χ1n) is 6.48.